The molecule has 0 unspecified atom stereocenters. The minimum absolute atomic E-state index is 0.261. The van der Waals surface area contributed by atoms with Gasteiger partial charge in [-0.3, -0.25) is 9.89 Å². The summed E-state index contributed by atoms with van der Waals surface area (Å²) >= 11 is 0. The second-order valence-corrected chi connectivity index (χ2v) is 5.72. The largest absolute Gasteiger partial charge is 0.496 e. The topological polar surface area (TPSA) is 67.0 Å². The van der Waals surface area contributed by atoms with Gasteiger partial charge in [0.05, 0.1) is 19.3 Å². The van der Waals surface area contributed by atoms with Crippen molar-refractivity contribution in [1.82, 2.24) is 15.5 Å². The van der Waals surface area contributed by atoms with Gasteiger partial charge in [0.25, 0.3) is 5.91 Å². The van der Waals surface area contributed by atoms with Gasteiger partial charge >= 0.3 is 0 Å². The Hall–Kier alpha value is -3.48. The molecule has 0 fully saturated rings. The summed E-state index contributed by atoms with van der Waals surface area (Å²) < 4.78 is 33.4. The van der Waals surface area contributed by atoms with Crippen LogP contribution in [-0.2, 0) is 0 Å². The molecule has 138 valence electrons. The minimum atomic E-state index is -1.02. The highest BCUT2D eigenvalue weighted by atomic mass is 19.1. The van der Waals surface area contributed by atoms with Crippen LogP contribution in [0.25, 0.3) is 11.1 Å². The number of methoxy groups -OCH3 is 1. The van der Waals surface area contributed by atoms with Gasteiger partial charge in [-0.15, -0.1) is 6.58 Å². The normalized spacial score (nSPS) is 11.7. The molecule has 2 aromatic carbocycles. The SMILES string of the molecule is C=C[C@@H](NC(=O)c1ccc(-c2cn[nH]c2)c(OC)c1)c1c(F)cccc1F. The Morgan fingerprint density at radius 2 is 2.04 bits per heavy atom. The van der Waals surface area contributed by atoms with Gasteiger partial charge in [-0.05, 0) is 30.3 Å². The number of benzene rings is 2. The molecule has 3 aromatic rings. The zero-order valence-electron chi connectivity index (χ0n) is 14.5. The molecule has 0 radical (unpaired) electrons. The number of nitrogens with zero attached hydrogens (tertiary/aromatic N) is 1. The van der Waals surface area contributed by atoms with Gasteiger partial charge in [0.2, 0.25) is 0 Å². The first kappa shape index (κ1) is 18.3. The number of carbonyl (C=O) groups excluding carboxylic acids is 1. The Bertz CT molecular complexity index is 951. The molecule has 27 heavy (non-hydrogen) atoms. The lowest BCUT2D eigenvalue weighted by molar-refractivity contribution is 0.0943. The van der Waals surface area contributed by atoms with Gasteiger partial charge in [0.1, 0.15) is 17.4 Å². The van der Waals surface area contributed by atoms with Gasteiger partial charge in [-0.1, -0.05) is 12.1 Å². The van der Waals surface area contributed by atoms with Crippen LogP contribution in [0.4, 0.5) is 8.78 Å². The van der Waals surface area contributed by atoms with Crippen molar-refractivity contribution in [3.05, 3.63) is 84.2 Å². The van der Waals surface area contributed by atoms with Crippen molar-refractivity contribution >= 4 is 5.91 Å². The van der Waals surface area contributed by atoms with E-state index in [2.05, 4.69) is 22.1 Å². The predicted molar refractivity (Wildman–Crippen MR) is 97.3 cm³/mol. The standard InChI is InChI=1S/C20H17F2N3O2/c1-3-17(19-15(21)5-4-6-16(19)22)25-20(26)12-7-8-14(18(9-12)27-2)13-10-23-24-11-13/h3-11,17H,1H2,2H3,(H,23,24)(H,25,26)/t17-/m1/s1. The number of hydrogen-bond donors (Lipinski definition) is 2. The molecule has 0 aliphatic rings. The molecule has 5 nitrogen and oxygen atoms in total. The zero-order chi connectivity index (χ0) is 19.4. The fraction of sp³-hybridized carbons (Fsp3) is 0.100. The molecule has 2 N–H and O–H groups in total. The number of carbonyl (C=O) groups is 1. The van der Waals surface area contributed by atoms with E-state index in [0.29, 0.717) is 5.75 Å². The first-order valence-electron chi connectivity index (χ1n) is 8.09. The maximum atomic E-state index is 14.0. The molecule has 0 bridgehead atoms. The Morgan fingerprint density at radius 3 is 2.63 bits per heavy atom. The number of aromatic nitrogens is 2. The number of hydrogen-bond acceptors (Lipinski definition) is 3. The summed E-state index contributed by atoms with van der Waals surface area (Å²) in [6, 6.07) is 7.36. The van der Waals surface area contributed by atoms with Crippen LogP contribution in [0.1, 0.15) is 22.0 Å². The molecule has 0 spiro atoms. The van der Waals surface area contributed by atoms with Crippen molar-refractivity contribution in [3.8, 4) is 16.9 Å². The molecule has 7 heteroatoms. The Kier molecular flexibility index (Phi) is 5.30. The lowest BCUT2D eigenvalue weighted by Crippen LogP contribution is -2.28. The number of amides is 1. The van der Waals surface area contributed by atoms with Crippen LogP contribution in [0.3, 0.4) is 0 Å². The van der Waals surface area contributed by atoms with E-state index in [0.717, 1.165) is 23.3 Å². The molecule has 1 heterocycles. The van der Waals surface area contributed by atoms with Crippen molar-refractivity contribution in [1.29, 1.82) is 0 Å². The molecular formula is C20H17F2N3O2. The van der Waals surface area contributed by atoms with Gasteiger partial charge in [-0.2, -0.15) is 5.10 Å². The highest BCUT2D eigenvalue weighted by molar-refractivity contribution is 5.96. The van der Waals surface area contributed by atoms with Crippen LogP contribution in [0.2, 0.25) is 0 Å². The van der Waals surface area contributed by atoms with Crippen LogP contribution in [0.15, 0.2) is 61.4 Å². The van der Waals surface area contributed by atoms with Crippen molar-refractivity contribution < 1.29 is 18.3 Å². The maximum Gasteiger partial charge on any atom is 0.252 e. The third kappa shape index (κ3) is 3.72. The number of rotatable bonds is 6. The van der Waals surface area contributed by atoms with Gasteiger partial charge in [-0.25, -0.2) is 8.78 Å². The average Bonchev–Trinajstić information content (AvgIpc) is 3.20. The summed E-state index contributed by atoms with van der Waals surface area (Å²) in [5.74, 6) is -1.56. The second kappa shape index (κ2) is 7.82. The third-order valence-electron chi connectivity index (χ3n) is 4.11. The van der Waals surface area contributed by atoms with Crippen LogP contribution in [0, 0.1) is 11.6 Å². The fourth-order valence-electron chi connectivity index (χ4n) is 2.75. The molecule has 0 saturated heterocycles. The van der Waals surface area contributed by atoms with E-state index in [4.69, 9.17) is 4.74 Å². The first-order chi connectivity index (χ1) is 13.0. The van der Waals surface area contributed by atoms with Gasteiger partial charge in [0.15, 0.2) is 0 Å². The Balaban J connectivity index is 1.88. The molecule has 1 aromatic heterocycles. The highest BCUT2D eigenvalue weighted by Gasteiger charge is 2.21. The molecule has 0 saturated carbocycles. The smallest absolute Gasteiger partial charge is 0.252 e. The Labute approximate surface area is 154 Å². The lowest BCUT2D eigenvalue weighted by atomic mass is 10.0. The summed E-state index contributed by atoms with van der Waals surface area (Å²) in [5, 5.41) is 9.18. The van der Waals surface area contributed by atoms with Crippen molar-refractivity contribution in [2.75, 3.05) is 7.11 Å². The van der Waals surface area contributed by atoms with E-state index < -0.39 is 23.6 Å². The highest BCUT2D eigenvalue weighted by Crippen LogP contribution is 2.30. The summed E-state index contributed by atoms with van der Waals surface area (Å²) in [6.07, 6.45) is 4.61. The molecular weight excluding hydrogens is 352 g/mol. The molecule has 1 atom stereocenters. The Morgan fingerprint density at radius 1 is 1.30 bits per heavy atom. The van der Waals surface area contributed by atoms with E-state index in [-0.39, 0.29) is 11.1 Å². The number of H-pyrrole nitrogens is 1. The molecule has 1 amide bonds. The summed E-state index contributed by atoms with van der Waals surface area (Å²) in [7, 11) is 1.49. The van der Waals surface area contributed by atoms with Crippen LogP contribution >= 0.6 is 0 Å². The summed E-state index contributed by atoms with van der Waals surface area (Å²) in [5.41, 5.74) is 1.57. The maximum absolute atomic E-state index is 14.0. The van der Waals surface area contributed by atoms with Gasteiger partial charge < -0.3 is 10.1 Å². The average molecular weight is 369 g/mol. The van der Waals surface area contributed by atoms with E-state index in [1.54, 1.807) is 30.6 Å². The van der Waals surface area contributed by atoms with Crippen LogP contribution < -0.4 is 10.1 Å². The predicted octanol–water partition coefficient (Wildman–Crippen LogP) is 4.02. The summed E-state index contributed by atoms with van der Waals surface area (Å²) in [4.78, 5) is 12.6. The molecule has 0 aliphatic heterocycles. The van der Waals surface area contributed by atoms with E-state index in [1.807, 2.05) is 0 Å². The van der Waals surface area contributed by atoms with Crippen LogP contribution in [-0.4, -0.2) is 23.2 Å². The third-order valence-corrected chi connectivity index (χ3v) is 4.11. The van der Waals surface area contributed by atoms with E-state index in [9.17, 15) is 13.6 Å². The number of halogens is 2. The number of aromatic amines is 1. The molecule has 0 aliphatic carbocycles. The monoisotopic (exact) mass is 369 g/mol. The van der Waals surface area contributed by atoms with Crippen molar-refractivity contribution in [2.24, 2.45) is 0 Å². The molecule has 3 rings (SSSR count). The lowest BCUT2D eigenvalue weighted by Gasteiger charge is -2.17. The first-order valence-corrected chi connectivity index (χ1v) is 8.09. The van der Waals surface area contributed by atoms with E-state index >= 15 is 0 Å². The van der Waals surface area contributed by atoms with Crippen molar-refractivity contribution in [3.63, 3.8) is 0 Å². The second-order valence-electron chi connectivity index (χ2n) is 5.72. The fourth-order valence-corrected chi connectivity index (χ4v) is 2.75. The number of ether oxygens (including phenoxy) is 1. The van der Waals surface area contributed by atoms with Crippen LogP contribution in [0.5, 0.6) is 5.75 Å². The summed E-state index contributed by atoms with van der Waals surface area (Å²) in [6.45, 7) is 3.56. The van der Waals surface area contributed by atoms with Gasteiger partial charge in [0, 0.05) is 28.5 Å². The quantitative estimate of drug-likeness (QED) is 0.645. The zero-order valence-corrected chi connectivity index (χ0v) is 14.5. The number of nitrogens with one attached hydrogen (secondary N) is 2. The van der Waals surface area contributed by atoms with Crippen molar-refractivity contribution in [2.45, 2.75) is 6.04 Å². The van der Waals surface area contributed by atoms with E-state index in [1.165, 1.54) is 19.3 Å². The minimum Gasteiger partial charge on any atom is -0.496 e.